The van der Waals surface area contributed by atoms with E-state index in [9.17, 15) is 14.3 Å². The maximum atomic E-state index is 13.4. The molecule has 0 fully saturated rings. The van der Waals surface area contributed by atoms with Gasteiger partial charge in [-0.1, -0.05) is 60.7 Å². The third-order valence-corrected chi connectivity index (χ3v) is 4.49. The molecule has 27 heavy (non-hydrogen) atoms. The number of nitrogens with zero attached hydrogens (tertiary/aromatic N) is 2. The van der Waals surface area contributed by atoms with E-state index in [1.807, 2.05) is 42.5 Å². The van der Waals surface area contributed by atoms with Gasteiger partial charge in [0.05, 0.1) is 23.7 Å². The molecule has 0 aliphatic heterocycles. The van der Waals surface area contributed by atoms with Gasteiger partial charge in [-0.15, -0.1) is 0 Å². The van der Waals surface area contributed by atoms with Crippen LogP contribution in [0.2, 0.25) is 0 Å². The summed E-state index contributed by atoms with van der Waals surface area (Å²) in [6.45, 7) is -0.0625. The van der Waals surface area contributed by atoms with E-state index in [1.54, 1.807) is 18.2 Å². The number of benzene rings is 3. The molecule has 0 spiro atoms. The molecule has 134 valence electrons. The molecular formula is C22H17FN2O2. The molecule has 0 saturated carbocycles. The van der Waals surface area contributed by atoms with Gasteiger partial charge in [0.25, 0.3) is 5.56 Å². The molecule has 5 heteroatoms. The average molecular weight is 360 g/mol. The lowest BCUT2D eigenvalue weighted by molar-refractivity contribution is 0.149. The summed E-state index contributed by atoms with van der Waals surface area (Å²) >= 11 is 0. The van der Waals surface area contributed by atoms with E-state index in [0.717, 1.165) is 10.9 Å². The zero-order valence-corrected chi connectivity index (χ0v) is 14.4. The first kappa shape index (κ1) is 17.1. The van der Waals surface area contributed by atoms with Crippen LogP contribution in [0.4, 0.5) is 4.39 Å². The van der Waals surface area contributed by atoms with Gasteiger partial charge in [0.2, 0.25) is 0 Å². The van der Waals surface area contributed by atoms with Crippen molar-refractivity contribution in [2.24, 2.45) is 0 Å². The number of aliphatic hydroxyl groups excluding tert-OH is 1. The maximum Gasteiger partial charge on any atom is 0.274 e. The zero-order chi connectivity index (χ0) is 18.8. The van der Waals surface area contributed by atoms with Crippen LogP contribution in [0, 0.1) is 5.82 Å². The summed E-state index contributed by atoms with van der Waals surface area (Å²) in [6, 6.07) is 22.6. The molecule has 0 amide bonds. The van der Waals surface area contributed by atoms with Gasteiger partial charge in [-0.3, -0.25) is 4.79 Å². The second kappa shape index (κ2) is 7.13. The van der Waals surface area contributed by atoms with E-state index >= 15 is 0 Å². The molecule has 1 aromatic heterocycles. The fraction of sp³-hybridized carbons (Fsp3) is 0.0909. The van der Waals surface area contributed by atoms with Crippen LogP contribution in [-0.4, -0.2) is 14.9 Å². The predicted molar refractivity (Wildman–Crippen MR) is 103 cm³/mol. The average Bonchev–Trinajstić information content (AvgIpc) is 2.71. The Morgan fingerprint density at radius 2 is 1.63 bits per heavy atom. The van der Waals surface area contributed by atoms with Crippen molar-refractivity contribution in [3.05, 3.63) is 101 Å². The summed E-state index contributed by atoms with van der Waals surface area (Å²) in [4.78, 5) is 12.9. The molecule has 1 unspecified atom stereocenters. The minimum Gasteiger partial charge on any atom is -0.386 e. The Morgan fingerprint density at radius 1 is 0.926 bits per heavy atom. The van der Waals surface area contributed by atoms with E-state index in [4.69, 9.17) is 0 Å². The van der Waals surface area contributed by atoms with E-state index in [1.165, 1.54) is 22.9 Å². The summed E-state index contributed by atoms with van der Waals surface area (Å²) in [6.07, 6.45) is -1.05. The largest absolute Gasteiger partial charge is 0.386 e. The highest BCUT2D eigenvalue weighted by Gasteiger charge is 2.16. The molecule has 1 heterocycles. The molecular weight excluding hydrogens is 343 g/mol. The molecule has 0 radical (unpaired) electrons. The number of aliphatic hydroxyl groups is 1. The third-order valence-electron chi connectivity index (χ3n) is 4.49. The van der Waals surface area contributed by atoms with Crippen LogP contribution in [-0.2, 0) is 6.54 Å². The number of hydrogen-bond donors (Lipinski definition) is 1. The van der Waals surface area contributed by atoms with Crippen LogP contribution < -0.4 is 5.56 Å². The second-order valence-electron chi connectivity index (χ2n) is 6.32. The lowest BCUT2D eigenvalue weighted by Crippen LogP contribution is -2.26. The first-order chi connectivity index (χ1) is 13.1. The molecule has 3 aromatic carbocycles. The summed E-state index contributed by atoms with van der Waals surface area (Å²) in [5.74, 6) is -0.435. The van der Waals surface area contributed by atoms with Gasteiger partial charge < -0.3 is 5.11 Å². The van der Waals surface area contributed by atoms with Crippen LogP contribution >= 0.6 is 0 Å². The first-order valence-corrected chi connectivity index (χ1v) is 8.62. The summed E-state index contributed by atoms with van der Waals surface area (Å²) in [7, 11) is 0. The third kappa shape index (κ3) is 3.37. The lowest BCUT2D eigenvalue weighted by Gasteiger charge is -2.15. The smallest absolute Gasteiger partial charge is 0.274 e. The van der Waals surface area contributed by atoms with E-state index in [0.29, 0.717) is 16.6 Å². The van der Waals surface area contributed by atoms with Crippen molar-refractivity contribution in [1.29, 1.82) is 0 Å². The minimum atomic E-state index is -1.05. The van der Waals surface area contributed by atoms with Gasteiger partial charge in [0.1, 0.15) is 5.82 Å². The Kier molecular flexibility index (Phi) is 4.52. The molecule has 4 nitrogen and oxygen atoms in total. The second-order valence-corrected chi connectivity index (χ2v) is 6.32. The van der Waals surface area contributed by atoms with Crippen LogP contribution in [0.1, 0.15) is 11.7 Å². The Bertz CT molecular complexity index is 1160. The fourth-order valence-corrected chi connectivity index (χ4v) is 3.15. The van der Waals surface area contributed by atoms with Gasteiger partial charge in [-0.05, 0) is 23.8 Å². The molecule has 0 aliphatic carbocycles. The van der Waals surface area contributed by atoms with Crippen molar-refractivity contribution >= 4 is 10.8 Å². The van der Waals surface area contributed by atoms with Crippen molar-refractivity contribution in [2.75, 3.05) is 0 Å². The molecule has 0 saturated heterocycles. The Hall–Kier alpha value is -3.31. The molecule has 4 aromatic rings. The first-order valence-electron chi connectivity index (χ1n) is 8.62. The van der Waals surface area contributed by atoms with Gasteiger partial charge in [0.15, 0.2) is 0 Å². The molecule has 0 bridgehead atoms. The molecule has 0 aliphatic rings. The Balaban J connectivity index is 1.84. The standard InChI is InChI=1S/C22H17FN2O2/c23-17-10-6-9-16(13-17)20(26)14-25-22(27)19-12-5-4-11-18(19)21(24-25)15-7-2-1-3-8-15/h1-13,20,26H,14H2. The lowest BCUT2D eigenvalue weighted by atomic mass is 10.0. The predicted octanol–water partition coefficient (Wildman–Crippen LogP) is 3.94. The monoisotopic (exact) mass is 360 g/mol. The molecule has 1 atom stereocenters. The quantitative estimate of drug-likeness (QED) is 0.600. The highest BCUT2D eigenvalue weighted by molar-refractivity contribution is 5.93. The summed E-state index contributed by atoms with van der Waals surface area (Å²) < 4.78 is 14.7. The van der Waals surface area contributed by atoms with Crippen molar-refractivity contribution < 1.29 is 9.50 Å². The number of aromatic nitrogens is 2. The number of hydrogen-bond acceptors (Lipinski definition) is 3. The van der Waals surface area contributed by atoms with E-state index in [2.05, 4.69) is 5.10 Å². The van der Waals surface area contributed by atoms with Crippen LogP contribution in [0.25, 0.3) is 22.0 Å². The molecule has 4 rings (SSSR count). The SMILES string of the molecule is O=c1c2ccccc2c(-c2ccccc2)nn1CC(O)c1cccc(F)c1. The summed E-state index contributed by atoms with van der Waals surface area (Å²) in [5.41, 5.74) is 1.65. The van der Waals surface area contributed by atoms with Gasteiger partial charge >= 0.3 is 0 Å². The normalized spacial score (nSPS) is 12.2. The highest BCUT2D eigenvalue weighted by atomic mass is 19.1. The van der Waals surface area contributed by atoms with Crippen molar-refractivity contribution in [2.45, 2.75) is 12.6 Å². The van der Waals surface area contributed by atoms with Crippen LogP contribution in [0.15, 0.2) is 83.7 Å². The number of fused-ring (bicyclic) bond motifs is 1. The maximum absolute atomic E-state index is 13.4. The summed E-state index contributed by atoms with van der Waals surface area (Å²) in [5, 5.41) is 16.3. The highest BCUT2D eigenvalue weighted by Crippen LogP contribution is 2.25. The van der Waals surface area contributed by atoms with Crippen LogP contribution in [0.5, 0.6) is 0 Å². The minimum absolute atomic E-state index is 0.0625. The zero-order valence-electron chi connectivity index (χ0n) is 14.4. The van der Waals surface area contributed by atoms with E-state index in [-0.39, 0.29) is 12.1 Å². The topological polar surface area (TPSA) is 55.1 Å². The van der Waals surface area contributed by atoms with Crippen LogP contribution in [0.3, 0.4) is 0 Å². The van der Waals surface area contributed by atoms with Crippen molar-refractivity contribution in [3.8, 4) is 11.3 Å². The van der Waals surface area contributed by atoms with Crippen molar-refractivity contribution in [1.82, 2.24) is 9.78 Å². The molecule has 1 N–H and O–H groups in total. The van der Waals surface area contributed by atoms with Crippen molar-refractivity contribution in [3.63, 3.8) is 0 Å². The fourth-order valence-electron chi connectivity index (χ4n) is 3.15. The number of halogens is 1. The Labute approximate surface area is 155 Å². The van der Waals surface area contributed by atoms with Gasteiger partial charge in [-0.25, -0.2) is 9.07 Å². The van der Waals surface area contributed by atoms with Gasteiger partial charge in [0, 0.05) is 10.9 Å². The Morgan fingerprint density at radius 3 is 2.37 bits per heavy atom. The van der Waals surface area contributed by atoms with E-state index < -0.39 is 11.9 Å². The number of rotatable bonds is 4. The van der Waals surface area contributed by atoms with Gasteiger partial charge in [-0.2, -0.15) is 5.10 Å².